The summed E-state index contributed by atoms with van der Waals surface area (Å²) in [5.74, 6) is 0. The third-order valence-corrected chi connectivity index (χ3v) is 2.81. The molecule has 0 saturated heterocycles. The number of allylic oxidation sites excluding steroid dienone is 5. The molecule has 0 unspecified atom stereocenters. The lowest BCUT2D eigenvalue weighted by atomic mass is 9.97. The fourth-order valence-electron chi connectivity index (χ4n) is 1.91. The summed E-state index contributed by atoms with van der Waals surface area (Å²) >= 11 is 0. The number of fused-ring (bicyclic) bond motifs is 1. The van der Waals surface area contributed by atoms with Crippen LogP contribution in [0.5, 0.6) is 0 Å². The highest BCUT2D eigenvalue weighted by Gasteiger charge is 1.99. The van der Waals surface area contributed by atoms with E-state index in [0.717, 1.165) is 22.3 Å². The van der Waals surface area contributed by atoms with Crippen molar-refractivity contribution in [1.82, 2.24) is 4.98 Å². The summed E-state index contributed by atoms with van der Waals surface area (Å²) in [6.45, 7) is 7.99. The van der Waals surface area contributed by atoms with Crippen LogP contribution in [0.2, 0.25) is 0 Å². The summed E-state index contributed by atoms with van der Waals surface area (Å²) in [5, 5.41) is 4.41. The van der Waals surface area contributed by atoms with Gasteiger partial charge in [0.1, 0.15) is 7.85 Å². The van der Waals surface area contributed by atoms with Crippen LogP contribution in [0.25, 0.3) is 10.9 Å². The van der Waals surface area contributed by atoms with Gasteiger partial charge in [0.05, 0.1) is 5.52 Å². The first-order valence-corrected chi connectivity index (χ1v) is 7.61. The molecule has 1 aromatic heterocycles. The smallest absolute Gasteiger partial charge is 0.115 e. The van der Waals surface area contributed by atoms with Crippen LogP contribution >= 0.6 is 0 Å². The topological polar surface area (TPSA) is 24.9 Å². The molecule has 0 bridgehead atoms. The lowest BCUT2D eigenvalue weighted by Gasteiger charge is -2.08. The molecule has 2 nitrogen and oxygen atoms in total. The van der Waals surface area contributed by atoms with Gasteiger partial charge in [0.2, 0.25) is 0 Å². The van der Waals surface area contributed by atoms with Crippen LogP contribution in [0.1, 0.15) is 27.7 Å². The molecule has 0 fully saturated rings. The van der Waals surface area contributed by atoms with Crippen LogP contribution < -0.4 is 10.8 Å². The maximum absolute atomic E-state index is 5.77. The number of hydrogen-bond acceptors (Lipinski definition) is 2. The molecule has 1 aromatic carbocycles. The van der Waals surface area contributed by atoms with Crippen molar-refractivity contribution in [3.8, 4) is 0 Å². The van der Waals surface area contributed by atoms with Crippen molar-refractivity contribution in [3.05, 3.63) is 66.5 Å². The van der Waals surface area contributed by atoms with Crippen LogP contribution in [0, 0.1) is 0 Å². The summed E-state index contributed by atoms with van der Waals surface area (Å²) in [7, 11) is 5.77. The molecule has 0 spiro atoms. The molecule has 0 amide bonds. The molecule has 0 aliphatic rings. The molecule has 1 heterocycles. The number of pyridine rings is 1. The normalized spacial score (nSPS) is 11.7. The van der Waals surface area contributed by atoms with E-state index in [9.17, 15) is 0 Å². The van der Waals surface area contributed by atoms with Crippen LogP contribution in [0.3, 0.4) is 0 Å². The molecule has 22 heavy (non-hydrogen) atoms. The van der Waals surface area contributed by atoms with Crippen molar-refractivity contribution in [2.24, 2.45) is 0 Å². The molecular weight excluding hydrogens is 267 g/mol. The number of aromatic nitrogens is 1. The minimum atomic E-state index is 0.674. The van der Waals surface area contributed by atoms with E-state index in [1.165, 1.54) is 0 Å². The number of hydrogen-bond donors (Lipinski definition) is 1. The lowest BCUT2D eigenvalue weighted by Crippen LogP contribution is -2.02. The van der Waals surface area contributed by atoms with E-state index in [4.69, 9.17) is 7.85 Å². The number of nitrogens with one attached hydrogen (secondary N) is 1. The van der Waals surface area contributed by atoms with Gasteiger partial charge in [0.15, 0.2) is 0 Å². The molecule has 2 aromatic rings. The Morgan fingerprint density at radius 1 is 1.14 bits per heavy atom. The van der Waals surface area contributed by atoms with Gasteiger partial charge in [-0.3, -0.25) is 4.98 Å². The van der Waals surface area contributed by atoms with Crippen LogP contribution in [0.15, 0.2) is 66.5 Å². The van der Waals surface area contributed by atoms with Gasteiger partial charge in [-0.25, -0.2) is 0 Å². The molecule has 0 atom stereocenters. The average molecular weight is 290 g/mol. The van der Waals surface area contributed by atoms with Crippen molar-refractivity contribution < 1.29 is 0 Å². The zero-order valence-corrected chi connectivity index (χ0v) is 13.8. The maximum atomic E-state index is 5.77. The number of benzene rings is 1. The molecule has 1 N–H and O–H groups in total. The maximum Gasteiger partial charge on any atom is 0.115 e. The molecule has 2 radical (unpaired) electrons. The first kappa shape index (κ1) is 17.8. The largest absolute Gasteiger partial charge is 0.356 e. The monoisotopic (exact) mass is 290 g/mol. The predicted octanol–water partition coefficient (Wildman–Crippen LogP) is 4.50. The molecule has 112 valence electrons. The minimum absolute atomic E-state index is 0.674. The second kappa shape index (κ2) is 9.61. The molecule has 2 rings (SSSR count). The van der Waals surface area contributed by atoms with Crippen LogP contribution in [0.4, 0.5) is 5.69 Å². The van der Waals surface area contributed by atoms with E-state index in [1.807, 2.05) is 82.3 Å². The SMILES string of the molecule is CC.[B]c1cnc2ccc(NC(/C=C/C)=C/C=C\C)cc2c1. The first-order chi connectivity index (χ1) is 10.7. The van der Waals surface area contributed by atoms with E-state index in [1.54, 1.807) is 6.20 Å². The Kier molecular flexibility index (Phi) is 7.76. The van der Waals surface area contributed by atoms with Crippen molar-refractivity contribution >= 4 is 29.9 Å². The lowest BCUT2D eigenvalue weighted by molar-refractivity contribution is 1.42. The Bertz CT molecular complexity index is 685. The third-order valence-electron chi connectivity index (χ3n) is 2.81. The van der Waals surface area contributed by atoms with Crippen LogP contribution in [-0.4, -0.2) is 12.8 Å². The molecule has 3 heteroatoms. The summed E-state index contributed by atoms with van der Waals surface area (Å²) in [6, 6.07) is 7.97. The van der Waals surface area contributed by atoms with E-state index < -0.39 is 0 Å². The minimum Gasteiger partial charge on any atom is -0.356 e. The quantitative estimate of drug-likeness (QED) is 0.662. The van der Waals surface area contributed by atoms with Gasteiger partial charge in [-0.1, -0.05) is 43.6 Å². The zero-order chi connectivity index (χ0) is 16.4. The number of rotatable bonds is 4. The Morgan fingerprint density at radius 3 is 2.59 bits per heavy atom. The summed E-state index contributed by atoms with van der Waals surface area (Å²) in [5.41, 5.74) is 3.66. The highest BCUT2D eigenvalue weighted by molar-refractivity contribution is 6.32. The van der Waals surface area contributed by atoms with Gasteiger partial charge in [0.25, 0.3) is 0 Å². The zero-order valence-electron chi connectivity index (χ0n) is 13.8. The molecule has 0 aliphatic heterocycles. The number of nitrogens with zero attached hydrogens (tertiary/aromatic N) is 1. The fourth-order valence-corrected chi connectivity index (χ4v) is 1.91. The van der Waals surface area contributed by atoms with Crippen molar-refractivity contribution in [2.45, 2.75) is 27.7 Å². The van der Waals surface area contributed by atoms with Crippen molar-refractivity contribution in [2.75, 3.05) is 5.32 Å². The Hall–Kier alpha value is -2.29. The second-order valence-corrected chi connectivity index (χ2v) is 4.45. The van der Waals surface area contributed by atoms with E-state index in [0.29, 0.717) is 5.46 Å². The average Bonchev–Trinajstić information content (AvgIpc) is 2.54. The van der Waals surface area contributed by atoms with Gasteiger partial charge in [-0.05, 0) is 44.2 Å². The molecule has 0 saturated carbocycles. The Morgan fingerprint density at radius 2 is 1.91 bits per heavy atom. The van der Waals surface area contributed by atoms with E-state index in [2.05, 4.69) is 10.3 Å². The second-order valence-electron chi connectivity index (χ2n) is 4.45. The van der Waals surface area contributed by atoms with Gasteiger partial charge in [0, 0.05) is 23.0 Å². The first-order valence-electron chi connectivity index (χ1n) is 7.61. The predicted molar refractivity (Wildman–Crippen MR) is 99.8 cm³/mol. The van der Waals surface area contributed by atoms with Crippen molar-refractivity contribution in [1.29, 1.82) is 0 Å². The van der Waals surface area contributed by atoms with Gasteiger partial charge in [-0.15, -0.1) is 0 Å². The van der Waals surface area contributed by atoms with Crippen LogP contribution in [-0.2, 0) is 0 Å². The standard InChI is InChI=1S/C17H17BN2.C2H6/c1-3-5-7-15(6-4-2)20-16-8-9-17-13(11-16)10-14(18)12-19-17;1-2/h3-12,20H,1-2H3;1-2H3/b5-3-,6-4+,15-7+;. The Labute approximate surface area is 135 Å². The Balaban J connectivity index is 0.00000116. The van der Waals surface area contributed by atoms with Gasteiger partial charge in [-0.2, -0.15) is 0 Å². The highest BCUT2D eigenvalue weighted by atomic mass is 14.9. The molecule has 0 aliphatic carbocycles. The van der Waals surface area contributed by atoms with E-state index >= 15 is 0 Å². The summed E-state index contributed by atoms with van der Waals surface area (Å²) in [6.07, 6.45) is 11.7. The number of anilines is 1. The van der Waals surface area contributed by atoms with E-state index in [-0.39, 0.29) is 0 Å². The molecular formula is C19H23BN2. The van der Waals surface area contributed by atoms with Crippen molar-refractivity contribution in [3.63, 3.8) is 0 Å². The summed E-state index contributed by atoms with van der Waals surface area (Å²) < 4.78 is 0. The highest BCUT2D eigenvalue weighted by Crippen LogP contribution is 2.18. The fraction of sp³-hybridized carbons (Fsp3) is 0.211. The van der Waals surface area contributed by atoms with Gasteiger partial charge >= 0.3 is 0 Å². The third kappa shape index (κ3) is 5.25. The van der Waals surface area contributed by atoms with Gasteiger partial charge < -0.3 is 5.32 Å². The summed E-state index contributed by atoms with van der Waals surface area (Å²) in [4.78, 5) is 4.29.